The van der Waals surface area contributed by atoms with Crippen LogP contribution in [0.3, 0.4) is 0 Å². The Bertz CT molecular complexity index is 1590. The Morgan fingerprint density at radius 2 is 0.906 bits per heavy atom. The molecule has 2 unspecified atom stereocenters. The normalized spacial score (nSPS) is 14.3. The predicted octanol–water partition coefficient (Wildman–Crippen LogP) is 13.5. The first-order chi connectivity index (χ1) is 31.1. The average molecular weight is 883 g/mol. The molecular formula is C56H84NO7+. The molecule has 0 aliphatic carbocycles. The van der Waals surface area contributed by atoms with E-state index in [4.69, 9.17) is 14.2 Å². The Kier molecular flexibility index (Phi) is 41.0. The molecule has 8 nitrogen and oxygen atoms in total. The molecule has 0 saturated carbocycles. The van der Waals surface area contributed by atoms with Crippen LogP contribution in [-0.4, -0.2) is 80.6 Å². The number of carboxylic acid groups (broad SMARTS) is 1. The number of carboxylic acids is 1. The number of ether oxygens (including phenoxy) is 3. The highest BCUT2D eigenvalue weighted by Gasteiger charge is 2.31. The van der Waals surface area contributed by atoms with Gasteiger partial charge in [0.2, 0.25) is 0 Å². The van der Waals surface area contributed by atoms with Crippen LogP contribution in [0.25, 0.3) is 0 Å². The van der Waals surface area contributed by atoms with Crippen molar-refractivity contribution in [2.75, 3.05) is 41.0 Å². The molecular weight excluding hydrogens is 799 g/mol. The van der Waals surface area contributed by atoms with Crippen LogP contribution >= 0.6 is 0 Å². The van der Waals surface area contributed by atoms with E-state index in [-0.39, 0.29) is 49.1 Å². The molecule has 354 valence electrons. The van der Waals surface area contributed by atoms with Gasteiger partial charge in [-0.3, -0.25) is 9.59 Å². The number of hydrogen-bond donors (Lipinski definition) is 1. The van der Waals surface area contributed by atoms with Crippen molar-refractivity contribution < 1.29 is 38.2 Å². The molecule has 0 aromatic rings. The van der Waals surface area contributed by atoms with Crippen LogP contribution in [0.15, 0.2) is 158 Å². The fourth-order valence-corrected chi connectivity index (χ4v) is 5.78. The van der Waals surface area contributed by atoms with Gasteiger partial charge >= 0.3 is 17.9 Å². The van der Waals surface area contributed by atoms with Crippen molar-refractivity contribution in [3.8, 4) is 0 Å². The lowest BCUT2D eigenvalue weighted by Gasteiger charge is -2.31. The molecule has 0 spiro atoms. The van der Waals surface area contributed by atoms with Gasteiger partial charge in [-0.05, 0) is 83.5 Å². The van der Waals surface area contributed by atoms with Crippen molar-refractivity contribution in [1.29, 1.82) is 0 Å². The first-order valence-corrected chi connectivity index (χ1v) is 23.6. The van der Waals surface area contributed by atoms with Crippen LogP contribution in [0, 0.1) is 0 Å². The van der Waals surface area contributed by atoms with Crippen LogP contribution in [0.2, 0.25) is 0 Å². The molecule has 0 saturated heterocycles. The third-order valence-electron chi connectivity index (χ3n) is 9.37. The summed E-state index contributed by atoms with van der Waals surface area (Å²) in [6, 6.07) is -0.643. The zero-order valence-corrected chi connectivity index (χ0v) is 40.2. The summed E-state index contributed by atoms with van der Waals surface area (Å²) in [4.78, 5) is 37.1. The minimum Gasteiger partial charge on any atom is -0.477 e. The Morgan fingerprint density at radius 3 is 1.41 bits per heavy atom. The van der Waals surface area contributed by atoms with Crippen LogP contribution in [-0.2, 0) is 28.6 Å². The fraction of sp³-hybridized carbons (Fsp3) is 0.482. The summed E-state index contributed by atoms with van der Waals surface area (Å²) in [7, 11) is 5.48. The van der Waals surface area contributed by atoms with Crippen molar-refractivity contribution in [2.24, 2.45) is 0 Å². The van der Waals surface area contributed by atoms with E-state index >= 15 is 0 Å². The van der Waals surface area contributed by atoms with Gasteiger partial charge in [0, 0.05) is 19.3 Å². The second kappa shape index (κ2) is 44.6. The van der Waals surface area contributed by atoms with Gasteiger partial charge in [0.25, 0.3) is 0 Å². The lowest BCUT2D eigenvalue weighted by atomic mass is 10.1. The van der Waals surface area contributed by atoms with Crippen molar-refractivity contribution in [3.63, 3.8) is 0 Å². The first kappa shape index (κ1) is 58.9. The van der Waals surface area contributed by atoms with Crippen molar-refractivity contribution in [2.45, 2.75) is 135 Å². The number of aliphatic carboxylic acids is 1. The molecule has 0 radical (unpaired) electrons. The Labute approximate surface area is 388 Å². The highest BCUT2D eigenvalue weighted by atomic mass is 16.6. The van der Waals surface area contributed by atoms with Crippen LogP contribution in [0.5, 0.6) is 0 Å². The number of carbonyl (C=O) groups excluding carboxylic acids is 2. The molecule has 0 fully saturated rings. The molecule has 0 rings (SSSR count). The quantitative estimate of drug-likeness (QED) is 0.0216. The van der Waals surface area contributed by atoms with Gasteiger partial charge in [0.05, 0.1) is 34.4 Å². The van der Waals surface area contributed by atoms with E-state index in [1.165, 1.54) is 0 Å². The molecule has 64 heavy (non-hydrogen) atoms. The zero-order chi connectivity index (χ0) is 47.0. The van der Waals surface area contributed by atoms with Crippen molar-refractivity contribution in [3.05, 3.63) is 158 Å². The van der Waals surface area contributed by atoms with Gasteiger partial charge in [-0.15, -0.1) is 0 Å². The minimum absolute atomic E-state index is 0.0148. The van der Waals surface area contributed by atoms with Gasteiger partial charge in [0.15, 0.2) is 12.1 Å². The van der Waals surface area contributed by atoms with E-state index in [9.17, 15) is 19.5 Å². The fourth-order valence-electron chi connectivity index (χ4n) is 5.78. The summed E-state index contributed by atoms with van der Waals surface area (Å²) in [5.74, 6) is -1.61. The lowest BCUT2D eigenvalue weighted by molar-refractivity contribution is -0.887. The van der Waals surface area contributed by atoms with Crippen LogP contribution in [0.4, 0.5) is 0 Å². The predicted molar refractivity (Wildman–Crippen MR) is 270 cm³/mol. The molecule has 0 aromatic carbocycles. The van der Waals surface area contributed by atoms with E-state index in [0.717, 1.165) is 77.0 Å². The zero-order valence-electron chi connectivity index (χ0n) is 40.2. The molecule has 0 aliphatic heterocycles. The molecule has 2 atom stereocenters. The van der Waals surface area contributed by atoms with E-state index in [1.54, 1.807) is 0 Å². The van der Waals surface area contributed by atoms with Gasteiger partial charge in [-0.25, -0.2) is 4.79 Å². The van der Waals surface area contributed by atoms with Gasteiger partial charge < -0.3 is 23.8 Å². The summed E-state index contributed by atoms with van der Waals surface area (Å²) in [6.45, 7) is 4.34. The number of quaternary nitrogens is 1. The van der Waals surface area contributed by atoms with Gasteiger partial charge in [-0.2, -0.15) is 0 Å². The highest BCUT2D eigenvalue weighted by Crippen LogP contribution is 2.11. The second-order valence-corrected chi connectivity index (χ2v) is 16.1. The van der Waals surface area contributed by atoms with Crippen molar-refractivity contribution in [1.82, 2.24) is 0 Å². The van der Waals surface area contributed by atoms with E-state index < -0.39 is 18.1 Å². The maximum Gasteiger partial charge on any atom is 0.362 e. The minimum atomic E-state index is -0.898. The van der Waals surface area contributed by atoms with Gasteiger partial charge in [0.1, 0.15) is 6.61 Å². The Balaban J connectivity index is 4.54. The number of likely N-dealkylation sites (N-methyl/N-ethyl adjacent to an activating group) is 1. The molecule has 0 aromatic heterocycles. The third kappa shape index (κ3) is 42.3. The molecule has 1 N–H and O–H groups in total. The Hall–Kier alpha value is -5.05. The molecule has 0 amide bonds. The second-order valence-electron chi connectivity index (χ2n) is 16.1. The average Bonchev–Trinajstić information content (AvgIpc) is 3.26. The smallest absolute Gasteiger partial charge is 0.362 e. The summed E-state index contributed by atoms with van der Waals surface area (Å²) >= 11 is 0. The number of nitrogens with zero attached hydrogens (tertiary/aromatic N) is 1. The number of hydrogen-bond acceptors (Lipinski definition) is 6. The van der Waals surface area contributed by atoms with E-state index in [1.807, 2.05) is 94.1 Å². The third-order valence-corrected chi connectivity index (χ3v) is 9.37. The Morgan fingerprint density at radius 1 is 0.484 bits per heavy atom. The summed E-state index contributed by atoms with van der Waals surface area (Å²) in [6.07, 6.45) is 67.2. The molecule has 0 heterocycles. The highest BCUT2D eigenvalue weighted by molar-refractivity contribution is 5.72. The van der Waals surface area contributed by atoms with Crippen molar-refractivity contribution >= 4 is 17.9 Å². The maximum absolute atomic E-state index is 12.8. The monoisotopic (exact) mass is 883 g/mol. The number of carbonyl (C=O) groups is 3. The molecule has 0 aliphatic rings. The summed E-state index contributed by atoms with van der Waals surface area (Å²) in [5, 5.41) is 9.64. The van der Waals surface area contributed by atoms with Gasteiger partial charge in [-0.1, -0.05) is 178 Å². The van der Waals surface area contributed by atoms with Crippen LogP contribution in [0.1, 0.15) is 123 Å². The van der Waals surface area contributed by atoms with E-state index in [0.29, 0.717) is 19.3 Å². The molecule has 8 heteroatoms. The lowest BCUT2D eigenvalue weighted by Crippen LogP contribution is -2.50. The topological polar surface area (TPSA) is 99.1 Å². The maximum atomic E-state index is 12.8. The largest absolute Gasteiger partial charge is 0.477 e. The van der Waals surface area contributed by atoms with E-state index in [2.05, 4.69) is 98.9 Å². The molecule has 0 bridgehead atoms. The standard InChI is InChI=1S/C56H83NO7/c1-6-8-10-12-14-16-18-20-22-24-26-27-29-31-33-35-37-39-41-43-45-47-55(59)64-52(50-62-49-48-53(56(60)61)57(3,4)5)51-63-54(58)46-44-42-40-38-36-34-32-30-28-25-23-21-19-17-15-13-11-9-7-2/h8-11,13-17,19-23,25-28,30-34,36-37,39,52-53H,6-7,12,18,24,29,35,38,40-51H2,1-5H3/p+1/b10-8+,11-9+,15-13+,16-14+,19-17+,22-20+,23-21+,27-26+,28-25+,32-30+,33-31+,36-34+,39-37+. The first-order valence-electron chi connectivity index (χ1n) is 23.6. The van der Waals surface area contributed by atoms with Crippen LogP contribution < -0.4 is 0 Å². The summed E-state index contributed by atoms with van der Waals surface area (Å²) in [5.41, 5.74) is 0. The number of unbranched alkanes of at least 4 members (excludes halogenated alkanes) is 5. The number of allylic oxidation sites excluding steroid dienone is 26. The SMILES string of the molecule is CC/C=C/C=C/C=C/C=C/C=C/C=C/C=C/CCCCCC(=O)OCC(COCCC(C(=O)O)[N+](C)(C)C)OC(=O)CCCC/C=C/C/C=C/C/C=C/C/C=C/C/C=C/C/C=C/CC. The number of esters is 2. The number of rotatable bonds is 39. The summed E-state index contributed by atoms with van der Waals surface area (Å²) < 4.78 is 17.2.